The number of ether oxygens (including phenoxy) is 1. The molecule has 2 amide bonds. The number of anilines is 4. The Kier molecular flexibility index (Phi) is 8.06. The molecule has 1 aromatic carbocycles. The highest BCUT2D eigenvalue weighted by atomic mass is 19.4. The molecule has 0 bridgehead atoms. The SMILES string of the molecule is C=CC(=O)Nc1ccccc1Nc1nc(NC2CCCN(C(=O)OC(C)(C)C)C2)ncc1C(F)(F)F. The zero-order chi connectivity index (χ0) is 26.5. The third-order valence-corrected chi connectivity index (χ3v) is 5.12. The number of piperidine rings is 1. The first-order valence-electron chi connectivity index (χ1n) is 11.3. The van der Waals surface area contributed by atoms with Crippen LogP contribution in [0, 0.1) is 0 Å². The molecule has 2 aromatic rings. The third kappa shape index (κ3) is 7.33. The molecule has 1 aliphatic rings. The summed E-state index contributed by atoms with van der Waals surface area (Å²) in [4.78, 5) is 33.6. The lowest BCUT2D eigenvalue weighted by molar-refractivity contribution is -0.137. The predicted molar refractivity (Wildman–Crippen MR) is 130 cm³/mol. The summed E-state index contributed by atoms with van der Waals surface area (Å²) >= 11 is 0. The average molecular weight is 507 g/mol. The van der Waals surface area contributed by atoms with E-state index in [2.05, 4.69) is 32.5 Å². The maximum absolute atomic E-state index is 13.7. The van der Waals surface area contributed by atoms with E-state index in [-0.39, 0.29) is 23.4 Å². The standard InChI is InChI=1S/C24H29F3N6O3/c1-5-19(34)30-17-10-6-7-11-18(17)31-20-16(24(25,26)27)13-28-21(32-20)29-15-9-8-12-33(14-15)22(35)36-23(2,3)4/h5-7,10-11,13,15H,1,8-9,12,14H2,2-4H3,(H,30,34)(H2,28,29,31,32). The Balaban J connectivity index is 1.82. The van der Waals surface area contributed by atoms with E-state index < -0.39 is 35.2 Å². The van der Waals surface area contributed by atoms with Crippen LogP contribution in [0.4, 0.5) is 41.1 Å². The maximum atomic E-state index is 13.7. The molecule has 0 spiro atoms. The van der Waals surface area contributed by atoms with Gasteiger partial charge in [-0.2, -0.15) is 18.2 Å². The number of halogens is 3. The van der Waals surface area contributed by atoms with Gasteiger partial charge in [0.2, 0.25) is 11.9 Å². The number of alkyl halides is 3. The van der Waals surface area contributed by atoms with Crippen LogP contribution in [0.5, 0.6) is 0 Å². The minimum Gasteiger partial charge on any atom is -0.444 e. The van der Waals surface area contributed by atoms with Gasteiger partial charge in [-0.25, -0.2) is 9.78 Å². The molecule has 194 valence electrons. The van der Waals surface area contributed by atoms with E-state index in [4.69, 9.17) is 4.74 Å². The molecule has 3 N–H and O–H groups in total. The number of hydrogen-bond acceptors (Lipinski definition) is 7. The Morgan fingerprint density at radius 3 is 2.53 bits per heavy atom. The summed E-state index contributed by atoms with van der Waals surface area (Å²) in [6.07, 6.45) is -2.09. The van der Waals surface area contributed by atoms with E-state index in [1.807, 2.05) is 0 Å². The van der Waals surface area contributed by atoms with Gasteiger partial charge < -0.3 is 25.6 Å². The summed E-state index contributed by atoms with van der Waals surface area (Å²) in [5, 5.41) is 8.23. The Bertz CT molecular complexity index is 1120. The van der Waals surface area contributed by atoms with Crippen molar-refractivity contribution in [1.29, 1.82) is 0 Å². The molecule has 1 aromatic heterocycles. The van der Waals surface area contributed by atoms with Gasteiger partial charge >= 0.3 is 12.3 Å². The Hall–Kier alpha value is -3.83. The number of amides is 2. The molecule has 1 unspecified atom stereocenters. The van der Waals surface area contributed by atoms with Gasteiger partial charge in [0.1, 0.15) is 17.0 Å². The van der Waals surface area contributed by atoms with Crippen molar-refractivity contribution in [2.45, 2.75) is 51.4 Å². The van der Waals surface area contributed by atoms with Gasteiger partial charge in [-0.1, -0.05) is 18.7 Å². The van der Waals surface area contributed by atoms with Crippen LogP contribution in [-0.2, 0) is 15.7 Å². The number of aromatic nitrogens is 2. The lowest BCUT2D eigenvalue weighted by Crippen LogP contribution is -2.47. The van der Waals surface area contributed by atoms with Crippen LogP contribution in [0.1, 0.15) is 39.2 Å². The lowest BCUT2D eigenvalue weighted by Gasteiger charge is -2.34. The van der Waals surface area contributed by atoms with Gasteiger partial charge in [0.05, 0.1) is 11.4 Å². The second-order valence-electron chi connectivity index (χ2n) is 9.23. The van der Waals surface area contributed by atoms with Crippen molar-refractivity contribution >= 4 is 35.1 Å². The Labute approximate surface area is 207 Å². The average Bonchev–Trinajstić information content (AvgIpc) is 2.78. The lowest BCUT2D eigenvalue weighted by atomic mass is 10.1. The minimum absolute atomic E-state index is 0.0332. The highest BCUT2D eigenvalue weighted by molar-refractivity contribution is 6.01. The fraction of sp³-hybridized carbons (Fsp3) is 0.417. The maximum Gasteiger partial charge on any atom is 0.421 e. The van der Waals surface area contributed by atoms with Crippen LogP contribution >= 0.6 is 0 Å². The van der Waals surface area contributed by atoms with Crippen LogP contribution in [0.15, 0.2) is 43.1 Å². The number of carbonyl (C=O) groups is 2. The number of nitrogens with one attached hydrogen (secondary N) is 3. The molecular formula is C24H29F3N6O3. The fourth-order valence-corrected chi connectivity index (χ4v) is 3.54. The molecule has 3 rings (SSSR count). The first kappa shape index (κ1) is 26.8. The van der Waals surface area contributed by atoms with Crippen LogP contribution in [0.3, 0.4) is 0 Å². The minimum atomic E-state index is -4.72. The highest BCUT2D eigenvalue weighted by Crippen LogP contribution is 2.36. The molecule has 1 fully saturated rings. The van der Waals surface area contributed by atoms with Crippen molar-refractivity contribution in [1.82, 2.24) is 14.9 Å². The second-order valence-corrected chi connectivity index (χ2v) is 9.23. The second kappa shape index (κ2) is 10.8. The van der Waals surface area contributed by atoms with Crippen molar-refractivity contribution in [3.63, 3.8) is 0 Å². The van der Waals surface area contributed by atoms with Gasteiger partial charge in [-0.3, -0.25) is 4.79 Å². The largest absolute Gasteiger partial charge is 0.444 e. The van der Waals surface area contributed by atoms with E-state index in [1.165, 1.54) is 12.1 Å². The van der Waals surface area contributed by atoms with Crippen LogP contribution in [0.2, 0.25) is 0 Å². The van der Waals surface area contributed by atoms with E-state index in [0.717, 1.165) is 6.08 Å². The summed E-state index contributed by atoms with van der Waals surface area (Å²) < 4.78 is 46.5. The molecule has 12 heteroatoms. The smallest absolute Gasteiger partial charge is 0.421 e. The molecule has 1 aliphatic heterocycles. The van der Waals surface area contributed by atoms with Crippen molar-refractivity contribution in [2.24, 2.45) is 0 Å². The first-order chi connectivity index (χ1) is 16.9. The molecular weight excluding hydrogens is 477 g/mol. The summed E-state index contributed by atoms with van der Waals surface area (Å²) in [5.74, 6) is -1.04. The number of carbonyl (C=O) groups excluding carboxylic acids is 2. The van der Waals surface area contributed by atoms with Crippen LogP contribution < -0.4 is 16.0 Å². The van der Waals surface area contributed by atoms with Crippen LogP contribution in [-0.4, -0.2) is 51.6 Å². The number of hydrogen-bond donors (Lipinski definition) is 3. The normalized spacial score (nSPS) is 16.2. The Morgan fingerprint density at radius 2 is 1.89 bits per heavy atom. The third-order valence-electron chi connectivity index (χ3n) is 5.12. The van der Waals surface area contributed by atoms with Crippen molar-refractivity contribution in [2.75, 3.05) is 29.0 Å². The molecule has 0 radical (unpaired) electrons. The molecule has 36 heavy (non-hydrogen) atoms. The topological polar surface area (TPSA) is 108 Å². The van der Waals surface area contributed by atoms with Gasteiger partial charge in [0.15, 0.2) is 0 Å². The number of rotatable bonds is 6. The van der Waals surface area contributed by atoms with Crippen molar-refractivity contribution < 1.29 is 27.5 Å². The van der Waals surface area contributed by atoms with Gasteiger partial charge in [-0.05, 0) is 51.8 Å². The highest BCUT2D eigenvalue weighted by Gasteiger charge is 2.36. The number of likely N-dealkylation sites (tertiary alicyclic amines) is 1. The molecule has 1 atom stereocenters. The quantitative estimate of drug-likeness (QED) is 0.464. The number of para-hydroxylation sites is 2. The summed E-state index contributed by atoms with van der Waals surface area (Å²) in [5.41, 5.74) is -1.26. The van der Waals surface area contributed by atoms with E-state index >= 15 is 0 Å². The predicted octanol–water partition coefficient (Wildman–Crippen LogP) is 5.17. The molecule has 2 heterocycles. The van der Waals surface area contributed by atoms with E-state index in [0.29, 0.717) is 32.1 Å². The number of benzene rings is 1. The van der Waals surface area contributed by atoms with Gasteiger partial charge in [-0.15, -0.1) is 0 Å². The zero-order valence-electron chi connectivity index (χ0n) is 20.3. The van der Waals surface area contributed by atoms with Crippen LogP contribution in [0.25, 0.3) is 0 Å². The molecule has 9 nitrogen and oxygen atoms in total. The monoisotopic (exact) mass is 506 g/mol. The van der Waals surface area contributed by atoms with Crippen molar-refractivity contribution in [3.8, 4) is 0 Å². The molecule has 0 aliphatic carbocycles. The Morgan fingerprint density at radius 1 is 1.19 bits per heavy atom. The van der Waals surface area contributed by atoms with Gasteiger partial charge in [0.25, 0.3) is 0 Å². The zero-order valence-corrected chi connectivity index (χ0v) is 20.3. The summed E-state index contributed by atoms with van der Waals surface area (Å²) in [6, 6.07) is 5.99. The molecule has 1 saturated heterocycles. The van der Waals surface area contributed by atoms with E-state index in [1.54, 1.807) is 37.8 Å². The molecule has 0 saturated carbocycles. The number of nitrogens with zero attached hydrogens (tertiary/aromatic N) is 3. The van der Waals surface area contributed by atoms with Crippen molar-refractivity contribution in [3.05, 3.63) is 48.7 Å². The summed E-state index contributed by atoms with van der Waals surface area (Å²) in [6.45, 7) is 9.50. The van der Waals surface area contributed by atoms with Gasteiger partial charge in [0, 0.05) is 25.3 Å². The van der Waals surface area contributed by atoms with E-state index in [9.17, 15) is 22.8 Å². The fourth-order valence-electron chi connectivity index (χ4n) is 3.54. The first-order valence-corrected chi connectivity index (χ1v) is 11.3. The summed E-state index contributed by atoms with van der Waals surface area (Å²) in [7, 11) is 0.